The van der Waals surface area contributed by atoms with Gasteiger partial charge in [-0.25, -0.2) is 8.42 Å². The van der Waals surface area contributed by atoms with E-state index >= 15 is 0 Å². The van der Waals surface area contributed by atoms with Crippen LogP contribution in [0.15, 0.2) is 17.2 Å². The molecule has 0 aliphatic heterocycles. The van der Waals surface area contributed by atoms with E-state index in [0.717, 1.165) is 19.9 Å². The molecule has 114 valence electrons. The Morgan fingerprint density at radius 3 is 2.50 bits per heavy atom. The quantitative estimate of drug-likeness (QED) is 0.779. The molecule has 9 heteroatoms. The van der Waals surface area contributed by atoms with Crippen LogP contribution in [0.4, 0.5) is 13.2 Å². The molecule has 0 unspecified atom stereocenters. The van der Waals surface area contributed by atoms with Gasteiger partial charge >= 0.3 is 6.18 Å². The third kappa shape index (κ3) is 3.29. The largest absolute Gasteiger partial charge is 0.402 e. The summed E-state index contributed by atoms with van der Waals surface area (Å²) in [4.78, 5) is -0.146. The third-order valence-electron chi connectivity index (χ3n) is 3.09. The van der Waals surface area contributed by atoms with Crippen molar-refractivity contribution in [3.8, 4) is 0 Å². The van der Waals surface area contributed by atoms with Crippen LogP contribution in [0, 0.1) is 0 Å². The standard InChI is InChI=1S/C11H14ClF3N2O2S/c1-16(7-11(13,14)15)20(18,19)10-4-9(5-12)17(6-10)8-2-3-8/h4,6,8H,2-3,5,7H2,1H3. The molecule has 0 aromatic carbocycles. The topological polar surface area (TPSA) is 42.3 Å². The van der Waals surface area contributed by atoms with Crippen molar-refractivity contribution in [1.29, 1.82) is 0 Å². The summed E-state index contributed by atoms with van der Waals surface area (Å²) in [5.74, 6) is 0.120. The smallest absolute Gasteiger partial charge is 0.346 e. The van der Waals surface area contributed by atoms with Gasteiger partial charge in [0.2, 0.25) is 10.0 Å². The van der Waals surface area contributed by atoms with E-state index in [9.17, 15) is 21.6 Å². The zero-order valence-electron chi connectivity index (χ0n) is 10.7. The maximum Gasteiger partial charge on any atom is 0.402 e. The lowest BCUT2D eigenvalue weighted by Gasteiger charge is -2.17. The molecule has 0 N–H and O–H groups in total. The molecule has 2 rings (SSSR count). The lowest BCUT2D eigenvalue weighted by molar-refractivity contribution is -0.134. The molecule has 0 radical (unpaired) electrons. The monoisotopic (exact) mass is 330 g/mol. The van der Waals surface area contributed by atoms with Gasteiger partial charge in [-0.1, -0.05) is 0 Å². The summed E-state index contributed by atoms with van der Waals surface area (Å²) in [7, 11) is -3.24. The van der Waals surface area contributed by atoms with Gasteiger partial charge in [0.15, 0.2) is 0 Å². The number of halogens is 4. The van der Waals surface area contributed by atoms with Crippen LogP contribution in [0.3, 0.4) is 0 Å². The summed E-state index contributed by atoms with van der Waals surface area (Å²) in [6.07, 6.45) is -1.35. The molecule has 4 nitrogen and oxygen atoms in total. The van der Waals surface area contributed by atoms with Gasteiger partial charge in [0.1, 0.15) is 11.4 Å². The summed E-state index contributed by atoms with van der Waals surface area (Å²) >= 11 is 5.74. The van der Waals surface area contributed by atoms with Crippen LogP contribution in [-0.2, 0) is 15.9 Å². The SMILES string of the molecule is CN(CC(F)(F)F)S(=O)(=O)c1cc(CCl)n(C2CC2)c1. The van der Waals surface area contributed by atoms with Crippen LogP contribution >= 0.6 is 11.6 Å². The Labute approximate surface area is 120 Å². The van der Waals surface area contributed by atoms with Crippen molar-refractivity contribution in [1.82, 2.24) is 8.87 Å². The minimum atomic E-state index is -4.57. The van der Waals surface area contributed by atoms with Crippen molar-refractivity contribution >= 4 is 21.6 Å². The summed E-state index contributed by atoms with van der Waals surface area (Å²) < 4.78 is 63.2. The Morgan fingerprint density at radius 1 is 1.45 bits per heavy atom. The Kier molecular flexibility index (Phi) is 4.10. The van der Waals surface area contributed by atoms with Crippen LogP contribution in [0.25, 0.3) is 0 Å². The second kappa shape index (κ2) is 5.23. The highest BCUT2D eigenvalue weighted by molar-refractivity contribution is 7.89. The van der Waals surface area contributed by atoms with E-state index in [1.807, 2.05) is 0 Å². The lowest BCUT2D eigenvalue weighted by atomic mass is 10.5. The predicted octanol–water partition coefficient (Wildman–Crippen LogP) is 2.74. The second-order valence-electron chi connectivity index (χ2n) is 4.82. The Balaban J connectivity index is 2.29. The maximum absolute atomic E-state index is 12.3. The summed E-state index contributed by atoms with van der Waals surface area (Å²) in [5.41, 5.74) is 0.605. The zero-order chi connectivity index (χ0) is 15.1. The number of alkyl halides is 4. The van der Waals surface area contributed by atoms with E-state index in [-0.39, 0.29) is 16.8 Å². The van der Waals surface area contributed by atoms with E-state index in [4.69, 9.17) is 11.6 Å². The molecule has 0 saturated heterocycles. The molecular weight excluding hydrogens is 317 g/mol. The van der Waals surface area contributed by atoms with Gasteiger partial charge < -0.3 is 4.57 Å². The number of rotatable bonds is 5. The first-order valence-electron chi connectivity index (χ1n) is 5.95. The van der Waals surface area contributed by atoms with E-state index < -0.39 is 22.7 Å². The highest BCUT2D eigenvalue weighted by atomic mass is 35.5. The van der Waals surface area contributed by atoms with Gasteiger partial charge in [-0.15, -0.1) is 11.6 Å². The molecule has 1 aliphatic carbocycles. The van der Waals surface area contributed by atoms with Crippen molar-refractivity contribution in [2.24, 2.45) is 0 Å². The Hall–Kier alpha value is -0.730. The fourth-order valence-electron chi connectivity index (χ4n) is 1.95. The molecule has 1 aromatic rings. The molecule has 0 amide bonds. The van der Waals surface area contributed by atoms with E-state index in [1.165, 1.54) is 12.3 Å². The van der Waals surface area contributed by atoms with Crippen molar-refractivity contribution in [2.45, 2.75) is 35.8 Å². The number of nitrogens with zero attached hydrogens (tertiary/aromatic N) is 2. The average molecular weight is 331 g/mol. The van der Waals surface area contributed by atoms with E-state index in [0.29, 0.717) is 10.00 Å². The Morgan fingerprint density at radius 2 is 2.05 bits per heavy atom. The van der Waals surface area contributed by atoms with Crippen LogP contribution in [0.5, 0.6) is 0 Å². The number of hydrogen-bond acceptors (Lipinski definition) is 2. The minimum Gasteiger partial charge on any atom is -0.346 e. The summed E-state index contributed by atoms with van der Waals surface area (Å²) in [5, 5.41) is 0. The first kappa shape index (κ1) is 15.7. The predicted molar refractivity (Wildman–Crippen MR) is 68.1 cm³/mol. The molecule has 0 spiro atoms. The van der Waals surface area contributed by atoms with Gasteiger partial charge in [-0.2, -0.15) is 17.5 Å². The summed E-state index contributed by atoms with van der Waals surface area (Å²) in [6.45, 7) is -1.51. The molecule has 0 atom stereocenters. The average Bonchev–Trinajstić information content (AvgIpc) is 3.05. The summed E-state index contributed by atoms with van der Waals surface area (Å²) in [6, 6.07) is 1.55. The van der Waals surface area contributed by atoms with Gasteiger partial charge in [-0.3, -0.25) is 0 Å². The highest BCUT2D eigenvalue weighted by Crippen LogP contribution is 2.38. The van der Waals surface area contributed by atoms with E-state index in [2.05, 4.69) is 0 Å². The lowest BCUT2D eigenvalue weighted by Crippen LogP contribution is -2.35. The molecule has 1 heterocycles. The third-order valence-corrected chi connectivity index (χ3v) is 5.14. The van der Waals surface area contributed by atoms with Crippen LogP contribution in [0.1, 0.15) is 24.6 Å². The van der Waals surface area contributed by atoms with E-state index in [1.54, 1.807) is 4.57 Å². The number of hydrogen-bond donors (Lipinski definition) is 0. The minimum absolute atomic E-state index is 0.120. The number of aromatic nitrogens is 1. The van der Waals surface area contributed by atoms with Gasteiger partial charge in [0.05, 0.1) is 5.88 Å². The molecule has 0 bridgehead atoms. The van der Waals surface area contributed by atoms with Crippen LogP contribution < -0.4 is 0 Å². The van der Waals surface area contributed by atoms with Crippen LogP contribution in [-0.4, -0.2) is 37.1 Å². The zero-order valence-corrected chi connectivity index (χ0v) is 12.3. The molecule has 1 saturated carbocycles. The van der Waals surface area contributed by atoms with Gasteiger partial charge in [-0.05, 0) is 18.9 Å². The van der Waals surface area contributed by atoms with Crippen molar-refractivity contribution in [2.75, 3.05) is 13.6 Å². The van der Waals surface area contributed by atoms with Crippen molar-refractivity contribution in [3.05, 3.63) is 18.0 Å². The van der Waals surface area contributed by atoms with Crippen LogP contribution in [0.2, 0.25) is 0 Å². The highest BCUT2D eigenvalue weighted by Gasteiger charge is 2.36. The number of sulfonamides is 1. The molecule has 1 fully saturated rings. The van der Waals surface area contributed by atoms with Gasteiger partial charge in [0.25, 0.3) is 0 Å². The first-order chi connectivity index (χ1) is 9.15. The normalized spacial score (nSPS) is 16.9. The molecule has 20 heavy (non-hydrogen) atoms. The molecule has 1 aliphatic rings. The first-order valence-corrected chi connectivity index (χ1v) is 7.92. The fraction of sp³-hybridized carbons (Fsp3) is 0.636. The molecular formula is C11H14ClF3N2O2S. The maximum atomic E-state index is 12.3. The van der Waals surface area contributed by atoms with Crippen molar-refractivity contribution in [3.63, 3.8) is 0 Å². The molecule has 1 aromatic heterocycles. The Bertz CT molecular complexity index is 593. The fourth-order valence-corrected chi connectivity index (χ4v) is 3.38. The van der Waals surface area contributed by atoms with Crippen molar-refractivity contribution < 1.29 is 21.6 Å². The second-order valence-corrected chi connectivity index (χ2v) is 7.13. The van der Waals surface area contributed by atoms with Gasteiger partial charge in [0, 0.05) is 25.0 Å².